The molecule has 0 radical (unpaired) electrons. The van der Waals surface area contributed by atoms with E-state index in [4.69, 9.17) is 14.2 Å². The van der Waals surface area contributed by atoms with E-state index in [0.29, 0.717) is 35.6 Å². The van der Waals surface area contributed by atoms with E-state index >= 15 is 4.39 Å². The molecule has 0 spiro atoms. The molecule has 2 bridgehead atoms. The van der Waals surface area contributed by atoms with Crippen LogP contribution >= 0.6 is 0 Å². The van der Waals surface area contributed by atoms with Crippen LogP contribution < -0.4 is 9.64 Å². The number of rotatable bonds is 6. The summed E-state index contributed by atoms with van der Waals surface area (Å²) >= 11 is 0. The molecular formula is C32H36FN5O4. The smallest absolute Gasteiger partial charge is 0.410 e. The van der Waals surface area contributed by atoms with E-state index in [-0.39, 0.29) is 36.2 Å². The lowest BCUT2D eigenvalue weighted by Gasteiger charge is -2.42. The molecule has 0 saturated carbocycles. The van der Waals surface area contributed by atoms with E-state index in [0.717, 1.165) is 35.6 Å². The van der Waals surface area contributed by atoms with Crippen LogP contribution in [0.4, 0.5) is 15.0 Å². The number of nitrogens with zero attached hydrogens (tertiary/aromatic N) is 5. The third-order valence-corrected chi connectivity index (χ3v) is 8.00. The van der Waals surface area contributed by atoms with Crippen LogP contribution in [0.5, 0.6) is 5.75 Å². The van der Waals surface area contributed by atoms with Gasteiger partial charge in [0.2, 0.25) is 0 Å². The molecule has 42 heavy (non-hydrogen) atoms. The number of benzene rings is 2. The molecule has 0 aliphatic carbocycles. The number of carbonyl (C=O) groups excluding carboxylic acids is 1. The van der Waals surface area contributed by atoms with Crippen molar-refractivity contribution in [3.8, 4) is 17.0 Å². The Balaban J connectivity index is 1.39. The van der Waals surface area contributed by atoms with Gasteiger partial charge in [-0.2, -0.15) is 0 Å². The van der Waals surface area contributed by atoms with E-state index in [9.17, 15) is 4.79 Å². The quantitative estimate of drug-likeness (QED) is 0.255. The van der Waals surface area contributed by atoms with Crippen LogP contribution in [0.1, 0.15) is 46.1 Å². The van der Waals surface area contributed by atoms with Crippen molar-refractivity contribution in [1.29, 1.82) is 0 Å². The summed E-state index contributed by atoms with van der Waals surface area (Å²) in [5, 5.41) is 2.40. The highest BCUT2D eigenvalue weighted by Crippen LogP contribution is 2.39. The van der Waals surface area contributed by atoms with Gasteiger partial charge in [0.25, 0.3) is 0 Å². The van der Waals surface area contributed by atoms with Crippen molar-refractivity contribution in [2.75, 3.05) is 31.9 Å². The number of methoxy groups -OCH3 is 1. The fraction of sp³-hybridized carbons (Fsp3) is 0.438. The summed E-state index contributed by atoms with van der Waals surface area (Å²) in [7, 11) is 1.56. The number of ether oxygens (including phenoxy) is 3. The molecule has 4 heterocycles. The second-order valence-electron chi connectivity index (χ2n) is 11.9. The normalized spacial score (nSPS) is 18.6. The third-order valence-electron chi connectivity index (χ3n) is 8.00. The first-order valence-corrected chi connectivity index (χ1v) is 14.4. The lowest BCUT2D eigenvalue weighted by atomic mass is 9.95. The third kappa shape index (κ3) is 5.08. The average Bonchev–Trinajstić information content (AvgIpc) is 3.24. The van der Waals surface area contributed by atoms with Crippen LogP contribution in [-0.4, -0.2) is 70.6 Å². The molecule has 2 aliphatic rings. The van der Waals surface area contributed by atoms with Crippen LogP contribution in [0.3, 0.4) is 0 Å². The maximum Gasteiger partial charge on any atom is 0.410 e. The van der Waals surface area contributed by atoms with Crippen molar-refractivity contribution in [3.05, 3.63) is 54.2 Å². The van der Waals surface area contributed by atoms with Gasteiger partial charge in [-0.05, 0) is 68.5 Å². The lowest BCUT2D eigenvalue weighted by molar-refractivity contribution is 0.0123. The van der Waals surface area contributed by atoms with Crippen LogP contribution in [0.15, 0.2) is 42.9 Å². The minimum Gasteiger partial charge on any atom is -0.468 e. The standard InChI is InChI=1S/C32H36FN5O4/c1-6-19-8-7-9-20-12-23(41-18-40-5)13-24(26(19)20)28-27(33)29-25(14-34-28)30(36-17-35-29)37-15-21-10-11-22(16-37)38(21)31(39)42-32(2,3)4/h7-9,12-14,17,21-22H,6,10-11,15-16,18H2,1-5H3. The van der Waals surface area contributed by atoms with Crippen molar-refractivity contribution in [1.82, 2.24) is 19.9 Å². The second kappa shape index (κ2) is 11.0. The summed E-state index contributed by atoms with van der Waals surface area (Å²) in [6, 6.07) is 9.76. The predicted octanol–water partition coefficient (Wildman–Crippen LogP) is 6.12. The van der Waals surface area contributed by atoms with Crippen molar-refractivity contribution in [3.63, 3.8) is 0 Å². The Morgan fingerprint density at radius 3 is 2.55 bits per heavy atom. The van der Waals surface area contributed by atoms with Crippen molar-refractivity contribution in [2.24, 2.45) is 0 Å². The highest BCUT2D eigenvalue weighted by molar-refractivity contribution is 6.01. The maximum absolute atomic E-state index is 16.4. The van der Waals surface area contributed by atoms with Gasteiger partial charge < -0.3 is 19.1 Å². The Morgan fingerprint density at radius 1 is 1.10 bits per heavy atom. The number of amides is 1. The van der Waals surface area contributed by atoms with Gasteiger partial charge >= 0.3 is 6.09 Å². The van der Waals surface area contributed by atoms with Crippen molar-refractivity contribution in [2.45, 2.75) is 64.6 Å². The van der Waals surface area contributed by atoms with Gasteiger partial charge in [-0.1, -0.05) is 25.1 Å². The van der Waals surface area contributed by atoms with Crippen LogP contribution in [0.2, 0.25) is 0 Å². The van der Waals surface area contributed by atoms with Gasteiger partial charge in [-0.25, -0.2) is 19.2 Å². The van der Waals surface area contributed by atoms with Crippen LogP contribution in [0.25, 0.3) is 32.9 Å². The first kappa shape index (κ1) is 28.1. The summed E-state index contributed by atoms with van der Waals surface area (Å²) in [4.78, 5) is 30.5. The zero-order chi connectivity index (χ0) is 29.6. The molecule has 2 unspecified atom stereocenters. The molecule has 2 atom stereocenters. The van der Waals surface area contributed by atoms with E-state index in [2.05, 4.69) is 26.8 Å². The zero-order valence-corrected chi connectivity index (χ0v) is 24.7. The van der Waals surface area contributed by atoms with Crippen molar-refractivity contribution < 1.29 is 23.4 Å². The first-order chi connectivity index (χ1) is 20.2. The number of hydrogen-bond donors (Lipinski definition) is 0. The minimum absolute atomic E-state index is 0.00522. The number of aryl methyl sites for hydroxylation is 1. The van der Waals surface area contributed by atoms with Gasteiger partial charge in [0, 0.05) is 32.0 Å². The van der Waals surface area contributed by atoms with Crippen LogP contribution in [0, 0.1) is 5.82 Å². The second-order valence-corrected chi connectivity index (χ2v) is 11.9. The molecule has 6 rings (SSSR count). The Morgan fingerprint density at radius 2 is 1.86 bits per heavy atom. The fourth-order valence-corrected chi connectivity index (χ4v) is 6.28. The summed E-state index contributed by atoms with van der Waals surface area (Å²) < 4.78 is 33.0. The molecular weight excluding hydrogens is 537 g/mol. The number of carbonyl (C=O) groups is 1. The van der Waals surface area contributed by atoms with Gasteiger partial charge in [0.05, 0.1) is 17.5 Å². The number of fused-ring (bicyclic) bond motifs is 4. The van der Waals surface area contributed by atoms with Crippen molar-refractivity contribution >= 4 is 33.6 Å². The van der Waals surface area contributed by atoms with Gasteiger partial charge in [-0.3, -0.25) is 9.88 Å². The Kier molecular flexibility index (Phi) is 7.34. The topological polar surface area (TPSA) is 89.9 Å². The van der Waals surface area contributed by atoms with E-state index in [1.54, 1.807) is 13.3 Å². The predicted molar refractivity (Wildman–Crippen MR) is 159 cm³/mol. The number of hydrogen-bond acceptors (Lipinski definition) is 8. The number of aromatic nitrogens is 3. The molecule has 2 aliphatic heterocycles. The number of piperazine rings is 1. The summed E-state index contributed by atoms with van der Waals surface area (Å²) in [5.74, 6) is 0.674. The molecule has 1 amide bonds. The number of halogens is 1. The zero-order valence-electron chi connectivity index (χ0n) is 24.7. The Hall–Kier alpha value is -4.05. The molecule has 2 aromatic heterocycles. The summed E-state index contributed by atoms with van der Waals surface area (Å²) in [6.45, 7) is 8.93. The molecule has 0 N–H and O–H groups in total. The highest BCUT2D eigenvalue weighted by atomic mass is 19.1. The monoisotopic (exact) mass is 573 g/mol. The molecule has 2 fully saturated rings. The average molecular weight is 574 g/mol. The molecule has 2 saturated heterocycles. The van der Waals surface area contributed by atoms with Gasteiger partial charge in [-0.15, -0.1) is 0 Å². The largest absolute Gasteiger partial charge is 0.468 e. The Labute approximate surface area is 244 Å². The first-order valence-electron chi connectivity index (χ1n) is 14.4. The fourth-order valence-electron chi connectivity index (χ4n) is 6.28. The van der Waals surface area contributed by atoms with E-state index in [1.165, 1.54) is 6.33 Å². The summed E-state index contributed by atoms with van der Waals surface area (Å²) in [5.41, 5.74) is 1.58. The van der Waals surface area contributed by atoms with Gasteiger partial charge in [0.15, 0.2) is 12.6 Å². The van der Waals surface area contributed by atoms with E-state index < -0.39 is 11.4 Å². The van der Waals surface area contributed by atoms with Gasteiger partial charge in [0.1, 0.15) is 34.7 Å². The number of anilines is 1. The molecule has 220 valence electrons. The molecule has 9 nitrogen and oxygen atoms in total. The SMILES string of the molecule is CCc1cccc2cc(OCOC)cc(-c3ncc4c(N5CC6CCC(C5)N6C(=O)OC(C)(C)C)ncnc4c3F)c12. The minimum atomic E-state index is -0.559. The van der Waals surface area contributed by atoms with E-state index in [1.807, 2.05) is 56.0 Å². The lowest BCUT2D eigenvalue weighted by Crippen LogP contribution is -2.57. The Bertz CT molecular complexity index is 1640. The van der Waals surface area contributed by atoms with Crippen LogP contribution in [-0.2, 0) is 15.9 Å². The summed E-state index contributed by atoms with van der Waals surface area (Å²) in [6.07, 6.45) is 5.33. The maximum atomic E-state index is 16.4. The molecule has 10 heteroatoms. The number of pyridine rings is 1. The molecule has 2 aromatic carbocycles. The molecule has 4 aromatic rings. The highest BCUT2D eigenvalue weighted by Gasteiger charge is 2.45.